The summed E-state index contributed by atoms with van der Waals surface area (Å²) in [6, 6.07) is 0. The quantitative estimate of drug-likeness (QED) is 0.741. The van der Waals surface area contributed by atoms with Crippen LogP contribution >= 0.6 is 11.3 Å². The van der Waals surface area contributed by atoms with Crippen molar-refractivity contribution in [3.05, 3.63) is 35.2 Å². The first-order valence-corrected chi connectivity index (χ1v) is 6.42. The molecule has 0 aliphatic rings. The largest absolute Gasteiger partial charge is 0.382 e. The van der Waals surface area contributed by atoms with Gasteiger partial charge in [0.25, 0.3) is 0 Å². The zero-order valence-corrected chi connectivity index (χ0v) is 10.4. The molecule has 18 heavy (non-hydrogen) atoms. The van der Waals surface area contributed by atoms with Crippen LogP contribution in [0.15, 0.2) is 30.2 Å². The first kappa shape index (κ1) is 11.0. The number of nitrogens with two attached hydrogens (primary N) is 1. The second kappa shape index (κ2) is 4.61. The van der Waals surface area contributed by atoms with E-state index in [9.17, 15) is 0 Å². The summed E-state index contributed by atoms with van der Waals surface area (Å²) >= 11 is 1.65. The van der Waals surface area contributed by atoms with Gasteiger partial charge in [0.1, 0.15) is 5.82 Å². The first-order chi connectivity index (χ1) is 8.83. The molecule has 7 heteroatoms. The maximum atomic E-state index is 5.74. The Morgan fingerprint density at radius 1 is 1.33 bits per heavy atom. The molecule has 3 heterocycles. The molecule has 0 saturated carbocycles. The lowest BCUT2D eigenvalue weighted by Gasteiger charge is -2.06. The minimum absolute atomic E-state index is 0.470. The summed E-state index contributed by atoms with van der Waals surface area (Å²) in [7, 11) is 0. The lowest BCUT2D eigenvalue weighted by molar-refractivity contribution is 0.983. The molecule has 3 aromatic rings. The van der Waals surface area contributed by atoms with Gasteiger partial charge in [-0.15, -0.1) is 11.3 Å². The van der Waals surface area contributed by atoms with Gasteiger partial charge in [-0.25, -0.2) is 15.0 Å². The van der Waals surface area contributed by atoms with Crippen LogP contribution in [0.5, 0.6) is 0 Å². The molecule has 0 aromatic carbocycles. The zero-order valence-electron chi connectivity index (χ0n) is 9.58. The Morgan fingerprint density at radius 3 is 3.11 bits per heavy atom. The molecule has 3 rings (SSSR count). The second-order valence-corrected chi connectivity index (χ2v) is 4.75. The molecule has 6 nitrogen and oxygen atoms in total. The highest BCUT2D eigenvalue weighted by Crippen LogP contribution is 2.14. The van der Waals surface area contributed by atoms with Crippen LogP contribution in [0.3, 0.4) is 0 Å². The number of hydrogen-bond donors (Lipinski definition) is 2. The Balaban J connectivity index is 1.75. The highest BCUT2D eigenvalue weighted by atomic mass is 32.1. The van der Waals surface area contributed by atoms with E-state index in [1.54, 1.807) is 23.7 Å². The number of thiazole rings is 1. The number of fused-ring (bicyclic) bond motifs is 1. The molecular weight excluding hydrogens is 248 g/mol. The maximum absolute atomic E-state index is 5.74. The second-order valence-electron chi connectivity index (χ2n) is 3.78. The summed E-state index contributed by atoms with van der Waals surface area (Å²) in [5.74, 6) is 1.17. The molecule has 0 aliphatic carbocycles. The van der Waals surface area contributed by atoms with Crippen LogP contribution in [-0.4, -0.2) is 25.9 Å². The monoisotopic (exact) mass is 260 g/mol. The van der Waals surface area contributed by atoms with Crippen molar-refractivity contribution in [2.24, 2.45) is 0 Å². The smallest absolute Gasteiger partial charge is 0.180 e. The summed E-state index contributed by atoms with van der Waals surface area (Å²) in [6.07, 6.45) is 7.99. The topological polar surface area (TPSA) is 81.1 Å². The van der Waals surface area contributed by atoms with Crippen molar-refractivity contribution in [1.82, 2.24) is 19.4 Å². The van der Waals surface area contributed by atoms with Gasteiger partial charge in [0.2, 0.25) is 0 Å². The Bertz CT molecular complexity index is 645. The third-order valence-electron chi connectivity index (χ3n) is 2.51. The number of nitrogens with zero attached hydrogens (tertiary/aromatic N) is 4. The van der Waals surface area contributed by atoms with Gasteiger partial charge >= 0.3 is 0 Å². The number of aromatic nitrogens is 4. The minimum Gasteiger partial charge on any atom is -0.382 e. The standard InChI is InChI=1S/C11H12N6S/c12-8-7-17-5-3-15-11(17)10(16-8)14-2-1-9-13-4-6-18-9/h3-7H,1-2,12H2,(H,14,16). The molecule has 0 aliphatic heterocycles. The van der Waals surface area contributed by atoms with Crippen LogP contribution in [0.1, 0.15) is 5.01 Å². The first-order valence-electron chi connectivity index (χ1n) is 5.54. The van der Waals surface area contributed by atoms with Crippen molar-refractivity contribution in [2.75, 3.05) is 17.6 Å². The van der Waals surface area contributed by atoms with Crippen LogP contribution in [0.2, 0.25) is 0 Å². The molecule has 92 valence electrons. The number of imidazole rings is 1. The van der Waals surface area contributed by atoms with E-state index in [-0.39, 0.29) is 0 Å². The fraction of sp³-hybridized carbons (Fsp3) is 0.182. The van der Waals surface area contributed by atoms with Crippen molar-refractivity contribution in [3.8, 4) is 0 Å². The van der Waals surface area contributed by atoms with Gasteiger partial charge in [0.05, 0.1) is 11.2 Å². The summed E-state index contributed by atoms with van der Waals surface area (Å²) in [5, 5.41) is 6.32. The maximum Gasteiger partial charge on any atom is 0.180 e. The van der Waals surface area contributed by atoms with Crippen molar-refractivity contribution >= 4 is 28.6 Å². The molecule has 0 bridgehead atoms. The van der Waals surface area contributed by atoms with Gasteiger partial charge < -0.3 is 15.5 Å². The number of hydrogen-bond acceptors (Lipinski definition) is 6. The van der Waals surface area contributed by atoms with Crippen LogP contribution in [0.4, 0.5) is 11.6 Å². The third-order valence-corrected chi connectivity index (χ3v) is 3.35. The SMILES string of the molecule is Nc1cn2ccnc2c(NCCc2nccs2)n1. The van der Waals surface area contributed by atoms with E-state index in [0.717, 1.165) is 23.6 Å². The van der Waals surface area contributed by atoms with Crippen LogP contribution in [0.25, 0.3) is 5.65 Å². The lowest BCUT2D eigenvalue weighted by atomic mass is 10.4. The van der Waals surface area contributed by atoms with Gasteiger partial charge in [-0.1, -0.05) is 0 Å². The summed E-state index contributed by atoms with van der Waals surface area (Å²) in [4.78, 5) is 12.7. The molecule has 0 amide bonds. The van der Waals surface area contributed by atoms with Gasteiger partial charge in [-0.05, 0) is 0 Å². The molecule has 0 radical (unpaired) electrons. The number of nitrogen functional groups attached to an aromatic ring is 1. The fourth-order valence-corrected chi connectivity index (χ4v) is 2.35. The Morgan fingerprint density at radius 2 is 2.28 bits per heavy atom. The molecule has 0 fully saturated rings. The van der Waals surface area contributed by atoms with E-state index < -0.39 is 0 Å². The summed E-state index contributed by atoms with van der Waals surface area (Å²) in [5.41, 5.74) is 6.52. The highest BCUT2D eigenvalue weighted by molar-refractivity contribution is 7.09. The average Bonchev–Trinajstić information content (AvgIpc) is 2.98. The van der Waals surface area contributed by atoms with Crippen LogP contribution in [0, 0.1) is 0 Å². The van der Waals surface area contributed by atoms with Gasteiger partial charge in [0.15, 0.2) is 11.5 Å². The van der Waals surface area contributed by atoms with E-state index in [1.807, 2.05) is 22.2 Å². The molecule has 0 unspecified atom stereocenters. The van der Waals surface area contributed by atoms with E-state index in [4.69, 9.17) is 5.73 Å². The molecule has 0 saturated heterocycles. The molecule has 0 atom stereocenters. The minimum atomic E-state index is 0.470. The third kappa shape index (κ3) is 2.12. The Hall–Kier alpha value is -2.15. The van der Waals surface area contributed by atoms with Crippen LogP contribution < -0.4 is 11.1 Å². The number of nitrogens with one attached hydrogen (secondary N) is 1. The fourth-order valence-electron chi connectivity index (χ4n) is 1.73. The Kier molecular flexibility index (Phi) is 2.81. The molecular formula is C11H12N6S. The van der Waals surface area contributed by atoms with Crippen molar-refractivity contribution in [2.45, 2.75) is 6.42 Å². The van der Waals surface area contributed by atoms with Crippen molar-refractivity contribution in [3.63, 3.8) is 0 Å². The average molecular weight is 260 g/mol. The zero-order chi connectivity index (χ0) is 12.4. The molecule has 3 N–H and O–H groups in total. The summed E-state index contributed by atoms with van der Waals surface area (Å²) < 4.78 is 1.86. The van der Waals surface area contributed by atoms with E-state index in [1.165, 1.54) is 0 Å². The normalized spacial score (nSPS) is 10.9. The highest BCUT2D eigenvalue weighted by Gasteiger charge is 2.05. The predicted octanol–water partition coefficient (Wildman–Crippen LogP) is 1.42. The van der Waals surface area contributed by atoms with Gasteiger partial charge in [-0.3, -0.25) is 0 Å². The van der Waals surface area contributed by atoms with E-state index in [0.29, 0.717) is 11.6 Å². The molecule has 3 aromatic heterocycles. The van der Waals surface area contributed by atoms with Crippen molar-refractivity contribution in [1.29, 1.82) is 0 Å². The Labute approximate surface area is 108 Å². The van der Waals surface area contributed by atoms with E-state index in [2.05, 4.69) is 20.3 Å². The number of anilines is 2. The van der Waals surface area contributed by atoms with Gasteiger partial charge in [-0.2, -0.15) is 0 Å². The van der Waals surface area contributed by atoms with Crippen molar-refractivity contribution < 1.29 is 0 Å². The molecule has 0 spiro atoms. The van der Waals surface area contributed by atoms with Crippen LogP contribution in [-0.2, 0) is 6.42 Å². The van der Waals surface area contributed by atoms with E-state index >= 15 is 0 Å². The van der Waals surface area contributed by atoms with Gasteiger partial charge in [0, 0.05) is 36.9 Å². The predicted molar refractivity (Wildman–Crippen MR) is 71.7 cm³/mol. The number of rotatable bonds is 4. The summed E-state index contributed by atoms with van der Waals surface area (Å²) in [6.45, 7) is 0.756. The lowest BCUT2D eigenvalue weighted by Crippen LogP contribution is -2.09.